The van der Waals surface area contributed by atoms with Gasteiger partial charge in [-0.25, -0.2) is 4.98 Å². The van der Waals surface area contributed by atoms with E-state index in [4.69, 9.17) is 0 Å². The molecule has 7 nitrogen and oxygen atoms in total. The van der Waals surface area contributed by atoms with Gasteiger partial charge in [-0.15, -0.1) is 11.3 Å². The Bertz CT molecular complexity index is 784. The number of hydrogen-bond acceptors (Lipinski definition) is 6. The maximum atomic E-state index is 12.2. The standard InChI is InChI=1S/C19H23N5O2S/c1-2-17(25)22-19-20-12-16(27-19)13-23-8-10-24(11-9-23)14-18(26)21-15-6-4-3-5-7-15/h2-7,12H,1,8-11,13-14H2,(H,21,26)(H,20,22,25). The van der Waals surface area contributed by atoms with Gasteiger partial charge in [0.2, 0.25) is 11.8 Å². The molecule has 2 heterocycles. The topological polar surface area (TPSA) is 77.6 Å². The first-order valence-corrected chi connectivity index (χ1v) is 9.62. The van der Waals surface area contributed by atoms with Crippen molar-refractivity contribution in [2.24, 2.45) is 0 Å². The smallest absolute Gasteiger partial charge is 0.249 e. The van der Waals surface area contributed by atoms with Crippen molar-refractivity contribution in [1.29, 1.82) is 0 Å². The molecule has 3 rings (SSSR count). The van der Waals surface area contributed by atoms with E-state index in [0.29, 0.717) is 11.7 Å². The van der Waals surface area contributed by atoms with Crippen LogP contribution in [0.25, 0.3) is 0 Å². The molecule has 142 valence electrons. The number of para-hydroxylation sites is 1. The molecule has 1 saturated heterocycles. The molecule has 1 aliphatic rings. The Labute approximate surface area is 162 Å². The highest BCUT2D eigenvalue weighted by Gasteiger charge is 2.19. The van der Waals surface area contributed by atoms with E-state index >= 15 is 0 Å². The van der Waals surface area contributed by atoms with Crippen LogP contribution in [-0.2, 0) is 16.1 Å². The van der Waals surface area contributed by atoms with E-state index in [9.17, 15) is 9.59 Å². The number of benzene rings is 1. The van der Waals surface area contributed by atoms with Gasteiger partial charge in [-0.1, -0.05) is 24.8 Å². The van der Waals surface area contributed by atoms with E-state index in [2.05, 4.69) is 32.0 Å². The van der Waals surface area contributed by atoms with Gasteiger partial charge in [0, 0.05) is 49.5 Å². The van der Waals surface area contributed by atoms with E-state index in [1.165, 1.54) is 17.4 Å². The molecule has 2 aromatic rings. The van der Waals surface area contributed by atoms with Crippen molar-refractivity contribution < 1.29 is 9.59 Å². The number of carbonyl (C=O) groups is 2. The summed E-state index contributed by atoms with van der Waals surface area (Å²) in [4.78, 5) is 33.3. The molecule has 0 saturated carbocycles. The lowest BCUT2D eigenvalue weighted by atomic mass is 10.3. The second kappa shape index (κ2) is 9.40. The molecular formula is C19H23N5O2S. The number of amides is 2. The van der Waals surface area contributed by atoms with E-state index in [1.54, 1.807) is 6.20 Å². The number of aromatic nitrogens is 1. The van der Waals surface area contributed by atoms with Crippen LogP contribution in [0.15, 0.2) is 49.2 Å². The zero-order chi connectivity index (χ0) is 19.1. The third-order valence-corrected chi connectivity index (χ3v) is 5.14. The Morgan fingerprint density at radius 3 is 2.52 bits per heavy atom. The normalized spacial score (nSPS) is 15.3. The number of nitrogens with zero attached hydrogens (tertiary/aromatic N) is 3. The molecular weight excluding hydrogens is 362 g/mol. The fraction of sp³-hybridized carbons (Fsp3) is 0.316. The molecule has 0 aliphatic carbocycles. The minimum Gasteiger partial charge on any atom is -0.325 e. The minimum absolute atomic E-state index is 0.0136. The Balaban J connectivity index is 1.40. The molecule has 0 unspecified atom stereocenters. The summed E-state index contributed by atoms with van der Waals surface area (Å²) in [7, 11) is 0. The Morgan fingerprint density at radius 1 is 1.11 bits per heavy atom. The molecule has 27 heavy (non-hydrogen) atoms. The van der Waals surface area contributed by atoms with Gasteiger partial charge in [0.25, 0.3) is 0 Å². The second-order valence-electron chi connectivity index (χ2n) is 6.29. The van der Waals surface area contributed by atoms with E-state index < -0.39 is 0 Å². The van der Waals surface area contributed by atoms with Gasteiger partial charge in [-0.3, -0.25) is 24.7 Å². The lowest BCUT2D eigenvalue weighted by Gasteiger charge is -2.33. The predicted molar refractivity (Wildman–Crippen MR) is 108 cm³/mol. The SMILES string of the molecule is C=CC(=O)Nc1ncc(CN2CCN(CC(=O)Nc3ccccc3)CC2)s1. The quantitative estimate of drug-likeness (QED) is 0.713. The first-order valence-electron chi connectivity index (χ1n) is 8.80. The lowest BCUT2D eigenvalue weighted by Crippen LogP contribution is -2.48. The van der Waals surface area contributed by atoms with Crippen LogP contribution in [0.4, 0.5) is 10.8 Å². The maximum absolute atomic E-state index is 12.2. The van der Waals surface area contributed by atoms with Gasteiger partial charge in [0.15, 0.2) is 5.13 Å². The largest absolute Gasteiger partial charge is 0.325 e. The third-order valence-electron chi connectivity index (χ3n) is 4.24. The Hall–Kier alpha value is -2.55. The van der Waals surface area contributed by atoms with Crippen LogP contribution < -0.4 is 10.6 Å². The van der Waals surface area contributed by atoms with Gasteiger partial charge >= 0.3 is 0 Å². The van der Waals surface area contributed by atoms with Crippen LogP contribution >= 0.6 is 11.3 Å². The molecule has 1 aromatic heterocycles. The number of piperazine rings is 1. The number of nitrogens with one attached hydrogen (secondary N) is 2. The molecule has 2 amide bonds. The van der Waals surface area contributed by atoms with Crippen molar-refractivity contribution in [3.63, 3.8) is 0 Å². The summed E-state index contributed by atoms with van der Waals surface area (Å²) in [6, 6.07) is 9.51. The average molecular weight is 385 g/mol. The van der Waals surface area contributed by atoms with Crippen molar-refractivity contribution >= 4 is 34.0 Å². The van der Waals surface area contributed by atoms with Crippen LogP contribution in [0.2, 0.25) is 0 Å². The average Bonchev–Trinajstić information content (AvgIpc) is 3.10. The lowest BCUT2D eigenvalue weighted by molar-refractivity contribution is -0.117. The highest BCUT2D eigenvalue weighted by Crippen LogP contribution is 2.20. The number of thiazole rings is 1. The molecule has 1 aromatic carbocycles. The van der Waals surface area contributed by atoms with Crippen molar-refractivity contribution in [2.75, 3.05) is 43.4 Å². The first-order chi connectivity index (χ1) is 13.1. The van der Waals surface area contributed by atoms with Crippen molar-refractivity contribution in [3.8, 4) is 0 Å². The van der Waals surface area contributed by atoms with E-state index in [-0.39, 0.29) is 11.8 Å². The molecule has 0 atom stereocenters. The fourth-order valence-corrected chi connectivity index (χ4v) is 3.70. The predicted octanol–water partition coefficient (Wildman–Crippen LogP) is 2.02. The van der Waals surface area contributed by atoms with Crippen LogP contribution in [-0.4, -0.2) is 59.3 Å². The summed E-state index contributed by atoms with van der Waals surface area (Å²) < 4.78 is 0. The molecule has 1 fully saturated rings. The first kappa shape index (κ1) is 19.2. The summed E-state index contributed by atoms with van der Waals surface area (Å²) in [5, 5.41) is 6.19. The Kier molecular flexibility index (Phi) is 6.69. The number of anilines is 2. The Morgan fingerprint density at radius 2 is 1.81 bits per heavy atom. The van der Waals surface area contributed by atoms with Gasteiger partial charge in [-0.05, 0) is 18.2 Å². The van der Waals surface area contributed by atoms with Gasteiger partial charge in [0.1, 0.15) is 0 Å². The van der Waals surface area contributed by atoms with Crippen molar-refractivity contribution in [1.82, 2.24) is 14.8 Å². The molecule has 0 radical (unpaired) electrons. The van der Waals surface area contributed by atoms with Crippen LogP contribution in [0.5, 0.6) is 0 Å². The van der Waals surface area contributed by atoms with E-state index in [0.717, 1.165) is 43.3 Å². The minimum atomic E-state index is -0.252. The van der Waals surface area contributed by atoms with Crippen molar-refractivity contribution in [3.05, 3.63) is 54.1 Å². The highest BCUT2D eigenvalue weighted by molar-refractivity contribution is 7.15. The van der Waals surface area contributed by atoms with Gasteiger partial charge in [0.05, 0.1) is 6.54 Å². The number of carbonyl (C=O) groups excluding carboxylic acids is 2. The van der Waals surface area contributed by atoms with Crippen molar-refractivity contribution in [2.45, 2.75) is 6.54 Å². The summed E-state index contributed by atoms with van der Waals surface area (Å²) in [5.74, 6) is -0.238. The summed E-state index contributed by atoms with van der Waals surface area (Å²) >= 11 is 1.47. The summed E-state index contributed by atoms with van der Waals surface area (Å²) in [6.45, 7) is 8.12. The summed E-state index contributed by atoms with van der Waals surface area (Å²) in [6.07, 6.45) is 3.03. The molecule has 0 bridgehead atoms. The monoisotopic (exact) mass is 385 g/mol. The third kappa shape index (κ3) is 5.99. The van der Waals surface area contributed by atoms with Crippen LogP contribution in [0.3, 0.4) is 0 Å². The fourth-order valence-electron chi connectivity index (χ4n) is 2.85. The molecule has 0 spiro atoms. The summed E-state index contributed by atoms with van der Waals surface area (Å²) in [5.41, 5.74) is 0.825. The van der Waals surface area contributed by atoms with E-state index in [1.807, 2.05) is 30.3 Å². The molecule has 2 N–H and O–H groups in total. The van der Waals surface area contributed by atoms with Crippen LogP contribution in [0.1, 0.15) is 4.88 Å². The zero-order valence-electron chi connectivity index (χ0n) is 15.1. The number of rotatable bonds is 7. The highest BCUT2D eigenvalue weighted by atomic mass is 32.1. The van der Waals surface area contributed by atoms with Gasteiger partial charge in [-0.2, -0.15) is 0 Å². The molecule has 1 aliphatic heterocycles. The van der Waals surface area contributed by atoms with Crippen LogP contribution in [0, 0.1) is 0 Å². The second-order valence-corrected chi connectivity index (χ2v) is 7.41. The zero-order valence-corrected chi connectivity index (χ0v) is 15.9. The number of hydrogen-bond donors (Lipinski definition) is 2. The molecule has 8 heteroatoms. The maximum Gasteiger partial charge on any atom is 0.249 e. The van der Waals surface area contributed by atoms with Gasteiger partial charge < -0.3 is 5.32 Å².